The monoisotopic (exact) mass is 680 g/mol. The van der Waals surface area contributed by atoms with Crippen LogP contribution in [0.4, 0.5) is 28.0 Å². The number of carbonyl (C=O) groups excluding carboxylic acids is 1. The van der Waals surface area contributed by atoms with E-state index in [4.69, 9.17) is 0 Å². The highest BCUT2D eigenvalue weighted by Crippen LogP contribution is 2.37. The zero-order chi connectivity index (χ0) is 34.0. The summed E-state index contributed by atoms with van der Waals surface area (Å²) in [5, 5.41) is 8.23. The molecule has 0 bridgehead atoms. The largest absolute Gasteiger partial charge is 0.573 e. The van der Waals surface area contributed by atoms with Gasteiger partial charge in [0, 0.05) is 29.1 Å². The number of thioether (sulfide) groups is 1. The molecule has 1 saturated carbocycles. The first-order valence-corrected chi connectivity index (χ1v) is 16.9. The van der Waals surface area contributed by atoms with E-state index in [0.717, 1.165) is 53.8 Å². The van der Waals surface area contributed by atoms with Crippen LogP contribution in [0, 0.1) is 5.82 Å². The van der Waals surface area contributed by atoms with Crippen molar-refractivity contribution in [3.63, 3.8) is 0 Å². The van der Waals surface area contributed by atoms with Gasteiger partial charge in [-0.15, -0.1) is 18.3 Å². The van der Waals surface area contributed by atoms with Gasteiger partial charge < -0.3 is 15.0 Å². The van der Waals surface area contributed by atoms with Crippen LogP contribution in [-0.4, -0.2) is 50.2 Å². The predicted octanol–water partition coefficient (Wildman–Crippen LogP) is 8.83. The molecule has 0 spiro atoms. The lowest BCUT2D eigenvalue weighted by Crippen LogP contribution is -2.43. The van der Waals surface area contributed by atoms with E-state index >= 15 is 0 Å². The van der Waals surface area contributed by atoms with Gasteiger partial charge in [0.1, 0.15) is 17.9 Å². The number of urea groups is 1. The Kier molecular flexibility index (Phi) is 9.77. The maximum atomic E-state index is 14.1. The van der Waals surface area contributed by atoms with Gasteiger partial charge in [-0.2, -0.15) is 4.99 Å². The fraction of sp³-hybridized carbons (Fsp3) is 0.371. The second-order valence-corrected chi connectivity index (χ2v) is 13.5. The van der Waals surface area contributed by atoms with E-state index in [2.05, 4.69) is 37.0 Å². The minimum atomic E-state index is -4.75. The first kappa shape index (κ1) is 33.5. The number of carbonyl (C=O) groups is 1. The average Bonchev–Trinajstić information content (AvgIpc) is 3.72. The lowest BCUT2D eigenvalue weighted by molar-refractivity contribution is -0.274. The Bertz CT molecular complexity index is 1780. The fourth-order valence-corrected chi connectivity index (χ4v) is 7.48. The molecule has 1 aliphatic carbocycles. The highest BCUT2D eigenvalue weighted by molar-refractivity contribution is 8.14. The number of hydrogen-bond acceptors (Lipinski definition) is 5. The van der Waals surface area contributed by atoms with Crippen LogP contribution in [0.5, 0.6) is 5.75 Å². The first-order valence-electron chi connectivity index (χ1n) is 15.9. The number of anilines is 1. The summed E-state index contributed by atoms with van der Waals surface area (Å²) in [6.45, 7) is 6.17. The van der Waals surface area contributed by atoms with Crippen LogP contribution < -0.4 is 15.0 Å². The van der Waals surface area contributed by atoms with Crippen molar-refractivity contribution in [3.8, 4) is 22.8 Å². The van der Waals surface area contributed by atoms with Gasteiger partial charge >= 0.3 is 12.4 Å². The number of hydrogen-bond donors (Lipinski definition) is 1. The molecule has 1 saturated heterocycles. The number of aromatic nitrogens is 3. The summed E-state index contributed by atoms with van der Waals surface area (Å²) in [4.78, 5) is 24.1. The van der Waals surface area contributed by atoms with Crippen molar-refractivity contribution in [2.75, 3.05) is 10.7 Å². The summed E-state index contributed by atoms with van der Waals surface area (Å²) in [6, 6.07) is 18.0. The Balaban J connectivity index is 1.07. The minimum Gasteiger partial charge on any atom is -0.406 e. The first-order chi connectivity index (χ1) is 22.9. The molecular weight excluding hydrogens is 644 g/mol. The second kappa shape index (κ2) is 14.0. The SMILES string of the molecule is CC(C)c1cc(F)ccc1N1C(=NC(=O)NC2CCC(c3ccc(-c4ncn(-c5ccc(OC(F)(F)F)cc5)n4)cc3)C2)SCCC1C. The van der Waals surface area contributed by atoms with Crippen LogP contribution in [-0.2, 0) is 0 Å². The zero-order valence-corrected chi connectivity index (χ0v) is 27.6. The molecule has 8 nitrogen and oxygen atoms in total. The molecule has 1 N–H and O–H groups in total. The number of ether oxygens (including phenoxy) is 1. The molecule has 1 aromatic heterocycles. The maximum absolute atomic E-state index is 14.1. The van der Waals surface area contributed by atoms with Gasteiger partial charge in [0.15, 0.2) is 11.0 Å². The molecule has 48 heavy (non-hydrogen) atoms. The highest BCUT2D eigenvalue weighted by atomic mass is 32.2. The van der Waals surface area contributed by atoms with Gasteiger partial charge in [0.05, 0.1) is 5.69 Å². The third kappa shape index (κ3) is 7.83. The van der Waals surface area contributed by atoms with Gasteiger partial charge in [-0.3, -0.25) is 0 Å². The lowest BCUT2D eigenvalue weighted by Gasteiger charge is -2.37. The van der Waals surface area contributed by atoms with Crippen molar-refractivity contribution in [1.82, 2.24) is 20.1 Å². The molecule has 2 heterocycles. The summed E-state index contributed by atoms with van der Waals surface area (Å²) in [5.41, 5.74) is 4.28. The van der Waals surface area contributed by atoms with E-state index in [1.54, 1.807) is 23.9 Å². The third-order valence-electron chi connectivity index (χ3n) is 8.71. The van der Waals surface area contributed by atoms with E-state index in [0.29, 0.717) is 16.7 Å². The summed E-state index contributed by atoms with van der Waals surface area (Å²) < 4.78 is 56.9. The molecule has 3 unspecified atom stereocenters. The molecule has 6 rings (SSSR count). The van der Waals surface area contributed by atoms with Crippen LogP contribution in [0.1, 0.15) is 69.4 Å². The summed E-state index contributed by atoms with van der Waals surface area (Å²) in [7, 11) is 0. The van der Waals surface area contributed by atoms with E-state index in [-0.39, 0.29) is 41.5 Å². The van der Waals surface area contributed by atoms with Gasteiger partial charge in [-0.1, -0.05) is 49.9 Å². The molecule has 0 radical (unpaired) electrons. The highest BCUT2D eigenvalue weighted by Gasteiger charge is 2.32. The van der Waals surface area contributed by atoms with Crippen molar-refractivity contribution < 1.29 is 27.1 Å². The number of rotatable bonds is 7. The third-order valence-corrected chi connectivity index (χ3v) is 9.70. The van der Waals surface area contributed by atoms with Crippen molar-refractivity contribution >= 4 is 28.6 Å². The molecule has 1 aliphatic heterocycles. The number of alkyl halides is 3. The van der Waals surface area contributed by atoms with E-state index < -0.39 is 6.36 Å². The van der Waals surface area contributed by atoms with Crippen molar-refractivity contribution in [2.45, 2.75) is 76.7 Å². The van der Waals surface area contributed by atoms with Crippen LogP contribution >= 0.6 is 11.8 Å². The standard InChI is InChI=1S/C35H36F4N6O2S/c1-21(2)30-19-26(36)9-15-31(30)45-22(3)16-17-48-34(45)42-33(46)41-27-10-8-25(18-27)23-4-6-24(7-5-23)32-40-20-44(43-32)28-11-13-29(14-12-28)47-35(37,38)39/h4-7,9,11-15,19-22,25,27H,8,10,16-18H2,1-3H3,(H,41,46). The van der Waals surface area contributed by atoms with Crippen molar-refractivity contribution in [1.29, 1.82) is 0 Å². The van der Waals surface area contributed by atoms with Crippen LogP contribution in [0.2, 0.25) is 0 Å². The molecule has 13 heteroatoms. The molecule has 2 amide bonds. The quantitative estimate of drug-likeness (QED) is 0.197. The Hall–Kier alpha value is -4.39. The maximum Gasteiger partial charge on any atom is 0.573 e. The topological polar surface area (TPSA) is 84.6 Å². The number of nitrogens with one attached hydrogen (secondary N) is 1. The average molecular weight is 681 g/mol. The smallest absolute Gasteiger partial charge is 0.406 e. The Morgan fingerprint density at radius 3 is 2.50 bits per heavy atom. The van der Waals surface area contributed by atoms with Gasteiger partial charge in [0.2, 0.25) is 0 Å². The number of aliphatic imine (C=N–C) groups is 1. The number of benzene rings is 3. The molecule has 3 atom stereocenters. The zero-order valence-electron chi connectivity index (χ0n) is 26.7. The summed E-state index contributed by atoms with van der Waals surface area (Å²) in [6.07, 6.45) is 0.234. The van der Waals surface area contributed by atoms with Crippen LogP contribution in [0.3, 0.4) is 0 Å². The van der Waals surface area contributed by atoms with E-state index in [1.807, 2.05) is 38.1 Å². The molecule has 4 aromatic rings. The van der Waals surface area contributed by atoms with Crippen molar-refractivity contribution in [3.05, 3.63) is 90.0 Å². The number of amidine groups is 1. The molecule has 252 valence electrons. The van der Waals surface area contributed by atoms with E-state index in [1.165, 1.54) is 41.3 Å². The lowest BCUT2D eigenvalue weighted by atomic mass is 9.96. The molecule has 2 aliphatic rings. The molecule has 3 aromatic carbocycles. The van der Waals surface area contributed by atoms with Gasteiger partial charge in [0.25, 0.3) is 0 Å². The van der Waals surface area contributed by atoms with Crippen LogP contribution in [0.25, 0.3) is 17.1 Å². The predicted molar refractivity (Wildman–Crippen MR) is 179 cm³/mol. The summed E-state index contributed by atoms with van der Waals surface area (Å²) >= 11 is 1.55. The minimum absolute atomic E-state index is 0.00618. The summed E-state index contributed by atoms with van der Waals surface area (Å²) in [5.74, 6) is 1.13. The number of halogens is 4. The molecule has 2 fully saturated rings. The molecular formula is C35H36F4N6O2S. The van der Waals surface area contributed by atoms with Crippen molar-refractivity contribution in [2.24, 2.45) is 4.99 Å². The Morgan fingerprint density at radius 2 is 1.79 bits per heavy atom. The van der Waals surface area contributed by atoms with Gasteiger partial charge in [-0.25, -0.2) is 18.9 Å². The normalized spacial score (nSPS) is 20.8. The number of amides is 2. The van der Waals surface area contributed by atoms with E-state index in [9.17, 15) is 22.4 Å². The second-order valence-electron chi connectivity index (χ2n) is 12.4. The Morgan fingerprint density at radius 1 is 1.04 bits per heavy atom. The van der Waals surface area contributed by atoms with Crippen LogP contribution in [0.15, 0.2) is 78.0 Å². The Labute approximate surface area is 280 Å². The van der Waals surface area contributed by atoms with Gasteiger partial charge in [-0.05, 0) is 98.0 Å². The fourth-order valence-electron chi connectivity index (χ4n) is 6.28. The number of nitrogens with zero attached hydrogens (tertiary/aromatic N) is 5.